The van der Waals surface area contributed by atoms with Crippen molar-refractivity contribution < 1.29 is 0 Å². The lowest BCUT2D eigenvalue weighted by molar-refractivity contribution is 0.694. The molecule has 18 heavy (non-hydrogen) atoms. The van der Waals surface area contributed by atoms with E-state index in [1.165, 1.54) is 5.56 Å². The van der Waals surface area contributed by atoms with Gasteiger partial charge in [0.1, 0.15) is 5.82 Å². The molecular formula is C15H17N3. The first-order chi connectivity index (χ1) is 8.92. The van der Waals surface area contributed by atoms with Crippen LogP contribution in [-0.4, -0.2) is 23.1 Å². The van der Waals surface area contributed by atoms with Gasteiger partial charge in [0.2, 0.25) is 0 Å². The number of nitrogens with one attached hydrogen (secondary N) is 1. The van der Waals surface area contributed by atoms with Gasteiger partial charge in [0.05, 0.1) is 0 Å². The number of hydrogen-bond donors (Lipinski definition) is 1. The zero-order chi connectivity index (χ0) is 12.2. The number of nitrogens with zero attached hydrogens (tertiary/aromatic N) is 2. The SMILES string of the molecule is c1ccc(Cc2ccnc(C3CCNC3)n2)cc1. The third-order valence-electron chi connectivity index (χ3n) is 3.39. The fourth-order valence-corrected chi connectivity index (χ4v) is 2.39. The van der Waals surface area contributed by atoms with E-state index in [0.717, 1.165) is 37.4 Å². The van der Waals surface area contributed by atoms with Crippen LogP contribution in [0.1, 0.15) is 29.4 Å². The van der Waals surface area contributed by atoms with Crippen molar-refractivity contribution >= 4 is 0 Å². The van der Waals surface area contributed by atoms with Gasteiger partial charge in [0.15, 0.2) is 0 Å². The molecule has 1 N–H and O–H groups in total. The van der Waals surface area contributed by atoms with Gasteiger partial charge in [-0.05, 0) is 24.6 Å². The molecule has 3 nitrogen and oxygen atoms in total. The molecule has 1 saturated heterocycles. The van der Waals surface area contributed by atoms with Crippen molar-refractivity contribution in [2.45, 2.75) is 18.8 Å². The molecule has 2 aromatic rings. The topological polar surface area (TPSA) is 37.8 Å². The summed E-state index contributed by atoms with van der Waals surface area (Å²) >= 11 is 0. The number of hydrogen-bond acceptors (Lipinski definition) is 3. The van der Waals surface area contributed by atoms with Crippen LogP contribution >= 0.6 is 0 Å². The Kier molecular flexibility index (Phi) is 3.33. The standard InChI is InChI=1S/C15H17N3/c1-2-4-12(5-3-1)10-14-7-9-17-15(18-14)13-6-8-16-11-13/h1-5,7,9,13,16H,6,8,10-11H2. The zero-order valence-corrected chi connectivity index (χ0v) is 10.3. The van der Waals surface area contributed by atoms with E-state index in [9.17, 15) is 0 Å². The summed E-state index contributed by atoms with van der Waals surface area (Å²) in [6.45, 7) is 2.09. The van der Waals surface area contributed by atoms with Gasteiger partial charge in [-0.1, -0.05) is 30.3 Å². The van der Waals surface area contributed by atoms with Crippen LogP contribution in [-0.2, 0) is 6.42 Å². The summed E-state index contributed by atoms with van der Waals surface area (Å²) in [5, 5.41) is 3.36. The highest BCUT2D eigenvalue weighted by Crippen LogP contribution is 2.19. The first kappa shape index (κ1) is 11.4. The van der Waals surface area contributed by atoms with Crippen molar-refractivity contribution in [3.8, 4) is 0 Å². The summed E-state index contributed by atoms with van der Waals surface area (Å²) in [6, 6.07) is 12.5. The fraction of sp³-hybridized carbons (Fsp3) is 0.333. The minimum atomic E-state index is 0.487. The average Bonchev–Trinajstić information content (AvgIpc) is 2.94. The third-order valence-corrected chi connectivity index (χ3v) is 3.39. The van der Waals surface area contributed by atoms with Gasteiger partial charge in [-0.15, -0.1) is 0 Å². The number of rotatable bonds is 3. The Labute approximate surface area is 107 Å². The molecule has 0 spiro atoms. The van der Waals surface area contributed by atoms with Crippen LogP contribution < -0.4 is 5.32 Å². The van der Waals surface area contributed by atoms with E-state index in [1.807, 2.05) is 18.3 Å². The Morgan fingerprint density at radius 2 is 2.06 bits per heavy atom. The Balaban J connectivity index is 1.78. The molecule has 1 atom stereocenters. The minimum Gasteiger partial charge on any atom is -0.316 e. The first-order valence-electron chi connectivity index (χ1n) is 6.48. The molecule has 3 heteroatoms. The fourth-order valence-electron chi connectivity index (χ4n) is 2.39. The monoisotopic (exact) mass is 239 g/mol. The summed E-state index contributed by atoms with van der Waals surface area (Å²) in [4.78, 5) is 9.11. The van der Waals surface area contributed by atoms with Gasteiger partial charge in [-0.3, -0.25) is 0 Å². The van der Waals surface area contributed by atoms with E-state index >= 15 is 0 Å². The maximum absolute atomic E-state index is 4.70. The highest BCUT2D eigenvalue weighted by molar-refractivity contribution is 5.21. The van der Waals surface area contributed by atoms with E-state index in [-0.39, 0.29) is 0 Å². The van der Waals surface area contributed by atoms with Gasteiger partial charge in [-0.25, -0.2) is 9.97 Å². The molecule has 1 aliphatic rings. The van der Waals surface area contributed by atoms with Crippen LogP contribution in [0, 0.1) is 0 Å². The predicted octanol–water partition coefficient (Wildman–Crippen LogP) is 2.14. The van der Waals surface area contributed by atoms with Gasteiger partial charge in [-0.2, -0.15) is 0 Å². The Hall–Kier alpha value is -1.74. The van der Waals surface area contributed by atoms with Crippen molar-refractivity contribution in [3.63, 3.8) is 0 Å². The second-order valence-corrected chi connectivity index (χ2v) is 4.76. The molecule has 0 amide bonds. The van der Waals surface area contributed by atoms with Crippen molar-refractivity contribution in [2.24, 2.45) is 0 Å². The van der Waals surface area contributed by atoms with E-state index in [1.54, 1.807) is 0 Å². The zero-order valence-electron chi connectivity index (χ0n) is 10.3. The third kappa shape index (κ3) is 2.57. The van der Waals surface area contributed by atoms with E-state index in [2.05, 4.69) is 34.6 Å². The summed E-state index contributed by atoms with van der Waals surface area (Å²) < 4.78 is 0. The van der Waals surface area contributed by atoms with Gasteiger partial charge in [0.25, 0.3) is 0 Å². The lowest BCUT2D eigenvalue weighted by Gasteiger charge is -2.08. The van der Waals surface area contributed by atoms with Crippen LogP contribution in [0.3, 0.4) is 0 Å². The van der Waals surface area contributed by atoms with Gasteiger partial charge in [0, 0.05) is 30.8 Å². The molecule has 2 heterocycles. The molecule has 1 aliphatic heterocycles. The lowest BCUT2D eigenvalue weighted by Crippen LogP contribution is -2.11. The van der Waals surface area contributed by atoms with Crippen LogP contribution in [0.15, 0.2) is 42.6 Å². The number of benzene rings is 1. The number of aromatic nitrogens is 2. The predicted molar refractivity (Wildman–Crippen MR) is 71.5 cm³/mol. The van der Waals surface area contributed by atoms with E-state index in [4.69, 9.17) is 4.98 Å². The largest absolute Gasteiger partial charge is 0.316 e. The Morgan fingerprint density at radius 3 is 2.83 bits per heavy atom. The minimum absolute atomic E-state index is 0.487. The van der Waals surface area contributed by atoms with E-state index < -0.39 is 0 Å². The normalized spacial score (nSPS) is 19.0. The highest BCUT2D eigenvalue weighted by Gasteiger charge is 2.19. The molecule has 1 fully saturated rings. The maximum Gasteiger partial charge on any atom is 0.132 e. The van der Waals surface area contributed by atoms with Crippen LogP contribution in [0.25, 0.3) is 0 Å². The molecular weight excluding hydrogens is 222 g/mol. The van der Waals surface area contributed by atoms with Crippen molar-refractivity contribution in [2.75, 3.05) is 13.1 Å². The molecule has 0 aliphatic carbocycles. The van der Waals surface area contributed by atoms with Gasteiger partial charge < -0.3 is 5.32 Å². The molecule has 0 bridgehead atoms. The lowest BCUT2D eigenvalue weighted by atomic mass is 10.1. The second kappa shape index (κ2) is 5.27. The molecule has 1 aromatic carbocycles. The van der Waals surface area contributed by atoms with Crippen molar-refractivity contribution in [3.05, 3.63) is 59.7 Å². The van der Waals surface area contributed by atoms with Gasteiger partial charge >= 0.3 is 0 Å². The van der Waals surface area contributed by atoms with Crippen LogP contribution in [0.2, 0.25) is 0 Å². The molecule has 1 aromatic heterocycles. The molecule has 1 unspecified atom stereocenters. The smallest absolute Gasteiger partial charge is 0.132 e. The maximum atomic E-state index is 4.70. The summed E-state index contributed by atoms with van der Waals surface area (Å²) in [6.07, 6.45) is 3.92. The summed E-state index contributed by atoms with van der Waals surface area (Å²) in [5.41, 5.74) is 2.41. The Morgan fingerprint density at radius 1 is 1.17 bits per heavy atom. The molecule has 3 rings (SSSR count). The second-order valence-electron chi connectivity index (χ2n) is 4.76. The van der Waals surface area contributed by atoms with Crippen LogP contribution in [0.5, 0.6) is 0 Å². The first-order valence-corrected chi connectivity index (χ1v) is 6.48. The quantitative estimate of drug-likeness (QED) is 0.891. The van der Waals surface area contributed by atoms with Crippen molar-refractivity contribution in [1.29, 1.82) is 0 Å². The summed E-state index contributed by atoms with van der Waals surface area (Å²) in [7, 11) is 0. The highest BCUT2D eigenvalue weighted by atomic mass is 15.0. The molecule has 0 saturated carbocycles. The van der Waals surface area contributed by atoms with E-state index in [0.29, 0.717) is 5.92 Å². The molecule has 92 valence electrons. The average molecular weight is 239 g/mol. The molecule has 0 radical (unpaired) electrons. The Bertz CT molecular complexity index is 504. The summed E-state index contributed by atoms with van der Waals surface area (Å²) in [5.74, 6) is 1.48. The van der Waals surface area contributed by atoms with Crippen LogP contribution in [0.4, 0.5) is 0 Å². The van der Waals surface area contributed by atoms with Crippen molar-refractivity contribution in [1.82, 2.24) is 15.3 Å².